The van der Waals surface area contributed by atoms with Gasteiger partial charge < -0.3 is 23.7 Å². The van der Waals surface area contributed by atoms with Crippen LogP contribution in [0.15, 0.2) is 60.7 Å². The number of ether oxygens (including phenoxy) is 5. The van der Waals surface area contributed by atoms with Crippen molar-refractivity contribution in [2.24, 2.45) is 0 Å². The van der Waals surface area contributed by atoms with E-state index in [1.165, 1.54) is 19.1 Å². The van der Waals surface area contributed by atoms with Crippen molar-refractivity contribution in [3.63, 3.8) is 0 Å². The molecule has 0 heterocycles. The van der Waals surface area contributed by atoms with Crippen LogP contribution in [0.1, 0.15) is 13.8 Å². The number of hydrogen-bond donors (Lipinski definition) is 0. The number of carbonyl (C=O) groups is 2. The van der Waals surface area contributed by atoms with Crippen LogP contribution in [0.25, 0.3) is 11.1 Å². The molecule has 0 N–H and O–H groups in total. The predicted molar refractivity (Wildman–Crippen MR) is 121 cm³/mol. The SMILES string of the molecule is C=C(C)C(=O)OCCOc1cc(OCCOC)cc(-c2ccc(OC(=O)C(=C)C)c(F)c2)c1. The summed E-state index contributed by atoms with van der Waals surface area (Å²) in [4.78, 5) is 23.1. The van der Waals surface area contributed by atoms with Crippen LogP contribution in [0.3, 0.4) is 0 Å². The normalized spacial score (nSPS) is 10.3. The van der Waals surface area contributed by atoms with Gasteiger partial charge in [-0.2, -0.15) is 0 Å². The molecule has 0 unspecified atom stereocenters. The maximum absolute atomic E-state index is 14.6. The van der Waals surface area contributed by atoms with Gasteiger partial charge in [-0.15, -0.1) is 0 Å². The average Bonchev–Trinajstić information content (AvgIpc) is 2.77. The van der Waals surface area contributed by atoms with E-state index < -0.39 is 17.8 Å². The number of hydrogen-bond acceptors (Lipinski definition) is 7. The second-order valence-corrected chi connectivity index (χ2v) is 7.11. The first-order valence-corrected chi connectivity index (χ1v) is 10.1. The minimum Gasteiger partial charge on any atom is -0.491 e. The summed E-state index contributed by atoms with van der Waals surface area (Å²) >= 11 is 0. The Morgan fingerprint density at radius 2 is 1.42 bits per heavy atom. The van der Waals surface area contributed by atoms with E-state index in [-0.39, 0.29) is 24.5 Å². The topological polar surface area (TPSA) is 80.3 Å². The van der Waals surface area contributed by atoms with E-state index in [0.717, 1.165) is 0 Å². The second kappa shape index (κ2) is 12.4. The van der Waals surface area contributed by atoms with Crippen LogP contribution in [-0.2, 0) is 19.1 Å². The van der Waals surface area contributed by atoms with E-state index in [1.807, 2.05) is 0 Å². The first kappa shape index (κ1) is 25.6. The summed E-state index contributed by atoms with van der Waals surface area (Å²) in [7, 11) is 1.56. The van der Waals surface area contributed by atoms with Gasteiger partial charge in [0.25, 0.3) is 0 Å². The van der Waals surface area contributed by atoms with Crippen molar-refractivity contribution >= 4 is 11.9 Å². The fourth-order valence-corrected chi connectivity index (χ4v) is 2.52. The lowest BCUT2D eigenvalue weighted by atomic mass is 10.0. The van der Waals surface area contributed by atoms with Gasteiger partial charge in [-0.1, -0.05) is 19.2 Å². The molecule has 0 aromatic heterocycles. The van der Waals surface area contributed by atoms with Crippen molar-refractivity contribution in [3.8, 4) is 28.4 Å². The number of halogens is 1. The van der Waals surface area contributed by atoms with Crippen LogP contribution in [0.4, 0.5) is 4.39 Å². The number of esters is 2. The number of benzene rings is 2. The molecule has 0 saturated carbocycles. The summed E-state index contributed by atoms with van der Waals surface area (Å²) in [6.45, 7) is 10.9. The quantitative estimate of drug-likeness (QED) is 0.201. The molecular formula is C25H27FO7. The lowest BCUT2D eigenvalue weighted by molar-refractivity contribution is -0.139. The molecule has 0 atom stereocenters. The highest BCUT2D eigenvalue weighted by molar-refractivity contribution is 5.89. The molecule has 7 nitrogen and oxygen atoms in total. The predicted octanol–water partition coefficient (Wildman–Crippen LogP) is 4.50. The van der Waals surface area contributed by atoms with Crippen molar-refractivity contribution in [1.82, 2.24) is 0 Å². The molecule has 0 aliphatic carbocycles. The standard InChI is InChI=1S/C25H27FO7/c1-16(2)24(27)32-11-10-31-21-13-19(12-20(15-21)30-9-8-29-5)18-6-7-23(22(26)14-18)33-25(28)17(3)4/h6-7,12-15H,1,3,8-11H2,2,4-5H3. The van der Waals surface area contributed by atoms with E-state index in [1.54, 1.807) is 38.3 Å². The molecule has 0 aliphatic heterocycles. The van der Waals surface area contributed by atoms with Gasteiger partial charge in [0.05, 0.1) is 6.61 Å². The van der Waals surface area contributed by atoms with Gasteiger partial charge in [-0.05, 0) is 49.2 Å². The Morgan fingerprint density at radius 1 is 0.818 bits per heavy atom. The summed E-state index contributed by atoms with van der Waals surface area (Å²) in [6.07, 6.45) is 0. The van der Waals surface area contributed by atoms with Gasteiger partial charge in [-0.3, -0.25) is 0 Å². The third-order valence-electron chi connectivity index (χ3n) is 4.19. The first-order chi connectivity index (χ1) is 15.7. The second-order valence-electron chi connectivity index (χ2n) is 7.11. The largest absolute Gasteiger partial charge is 0.491 e. The van der Waals surface area contributed by atoms with Gasteiger partial charge in [0.1, 0.15) is 31.3 Å². The summed E-state index contributed by atoms with van der Waals surface area (Å²) < 4.78 is 40.9. The number of rotatable bonds is 12. The van der Waals surface area contributed by atoms with Crippen molar-refractivity contribution < 1.29 is 37.7 Å². The van der Waals surface area contributed by atoms with Crippen LogP contribution in [0.2, 0.25) is 0 Å². The third-order valence-corrected chi connectivity index (χ3v) is 4.19. The van der Waals surface area contributed by atoms with Gasteiger partial charge in [0.15, 0.2) is 11.6 Å². The molecule has 0 aliphatic rings. The average molecular weight is 458 g/mol. The lowest BCUT2D eigenvalue weighted by Crippen LogP contribution is -2.12. The van der Waals surface area contributed by atoms with Crippen molar-refractivity contribution in [2.45, 2.75) is 13.8 Å². The highest BCUT2D eigenvalue weighted by Gasteiger charge is 2.13. The molecule has 8 heteroatoms. The van der Waals surface area contributed by atoms with Crippen LogP contribution in [0, 0.1) is 5.82 Å². The van der Waals surface area contributed by atoms with Crippen LogP contribution in [-0.4, -0.2) is 45.5 Å². The van der Waals surface area contributed by atoms with E-state index in [0.29, 0.717) is 41.4 Å². The molecule has 0 fully saturated rings. The molecular weight excluding hydrogens is 431 g/mol. The highest BCUT2D eigenvalue weighted by atomic mass is 19.1. The molecule has 0 saturated heterocycles. The van der Waals surface area contributed by atoms with Crippen LogP contribution >= 0.6 is 0 Å². The van der Waals surface area contributed by atoms with Crippen molar-refractivity contribution in [3.05, 3.63) is 66.5 Å². The van der Waals surface area contributed by atoms with E-state index in [4.69, 9.17) is 23.7 Å². The molecule has 0 spiro atoms. The van der Waals surface area contributed by atoms with Gasteiger partial charge in [0.2, 0.25) is 0 Å². The minimum absolute atomic E-state index is 0.0349. The minimum atomic E-state index is -0.710. The Bertz CT molecular complexity index is 1030. The van der Waals surface area contributed by atoms with E-state index in [9.17, 15) is 14.0 Å². The zero-order valence-corrected chi connectivity index (χ0v) is 18.9. The van der Waals surface area contributed by atoms with E-state index >= 15 is 0 Å². The van der Waals surface area contributed by atoms with Crippen molar-refractivity contribution in [1.29, 1.82) is 0 Å². The summed E-state index contributed by atoms with van der Waals surface area (Å²) in [5.41, 5.74) is 1.58. The molecule has 0 radical (unpaired) electrons. The van der Waals surface area contributed by atoms with Crippen molar-refractivity contribution in [2.75, 3.05) is 33.5 Å². The number of carbonyl (C=O) groups excluding carboxylic acids is 2. The molecule has 2 aromatic carbocycles. The Hall–Kier alpha value is -3.65. The monoisotopic (exact) mass is 458 g/mol. The summed E-state index contributed by atoms with van der Waals surface area (Å²) in [6, 6.07) is 9.29. The van der Waals surface area contributed by atoms with Gasteiger partial charge >= 0.3 is 11.9 Å². The lowest BCUT2D eigenvalue weighted by Gasteiger charge is -2.13. The molecule has 0 amide bonds. The fraction of sp³-hybridized carbons (Fsp3) is 0.280. The third kappa shape index (κ3) is 8.08. The van der Waals surface area contributed by atoms with E-state index in [2.05, 4.69) is 13.2 Å². The molecule has 33 heavy (non-hydrogen) atoms. The molecule has 2 rings (SSSR count). The molecule has 0 bridgehead atoms. The zero-order valence-electron chi connectivity index (χ0n) is 18.9. The Morgan fingerprint density at radius 3 is 1.97 bits per heavy atom. The summed E-state index contributed by atoms with van der Waals surface area (Å²) in [5, 5.41) is 0. The number of methoxy groups -OCH3 is 1. The maximum Gasteiger partial charge on any atom is 0.338 e. The smallest absolute Gasteiger partial charge is 0.338 e. The molecule has 176 valence electrons. The maximum atomic E-state index is 14.6. The Kier molecular flexibility index (Phi) is 9.62. The van der Waals surface area contributed by atoms with Crippen LogP contribution in [0.5, 0.6) is 17.2 Å². The Labute approximate surface area is 192 Å². The fourth-order valence-electron chi connectivity index (χ4n) is 2.52. The van der Waals surface area contributed by atoms with Crippen LogP contribution < -0.4 is 14.2 Å². The first-order valence-electron chi connectivity index (χ1n) is 10.1. The Balaban J connectivity index is 2.22. The van der Waals surface area contributed by atoms with Gasteiger partial charge in [-0.25, -0.2) is 14.0 Å². The molecule has 2 aromatic rings. The van der Waals surface area contributed by atoms with Gasteiger partial charge in [0, 0.05) is 24.3 Å². The zero-order chi connectivity index (χ0) is 24.4. The summed E-state index contributed by atoms with van der Waals surface area (Å²) in [5.74, 6) is -1.20. The highest BCUT2D eigenvalue weighted by Crippen LogP contribution is 2.32.